The molecule has 3 N–H and O–H groups in total. The van der Waals surface area contributed by atoms with Crippen LogP contribution in [0.25, 0.3) is 11.3 Å². The molecule has 1 amide bonds. The van der Waals surface area contributed by atoms with Gasteiger partial charge in [-0.1, -0.05) is 12.1 Å². The standard InChI is InChI=1S/C21H22N6O2/c1-27-9-2-3-10-29-15-6-4-5-14(11-15)16-13-24-20(22)19(25-16)21(28)26-17-12-23-8-7-18(17)27/h4-8,11-13H,2-3,9-10H2,1H3,(H2,22,24)(H,26,28). The van der Waals surface area contributed by atoms with E-state index in [2.05, 4.69) is 25.2 Å². The summed E-state index contributed by atoms with van der Waals surface area (Å²) >= 11 is 0. The molecule has 0 fully saturated rings. The van der Waals surface area contributed by atoms with Crippen molar-refractivity contribution in [1.82, 2.24) is 15.0 Å². The number of carbonyl (C=O) groups excluding carboxylic acids is 1. The number of nitrogens with zero attached hydrogens (tertiary/aromatic N) is 4. The fourth-order valence-corrected chi connectivity index (χ4v) is 3.21. The molecule has 1 aliphatic heterocycles. The predicted molar refractivity (Wildman–Crippen MR) is 112 cm³/mol. The SMILES string of the molecule is CN1CCCCOc2cccc(c2)-c2cnc(N)c(n2)C(=O)Nc2cnccc21. The Kier molecular flexibility index (Phi) is 5.24. The second kappa shape index (κ2) is 8.14. The van der Waals surface area contributed by atoms with Gasteiger partial charge < -0.3 is 20.7 Å². The molecule has 2 aromatic heterocycles. The second-order valence-electron chi connectivity index (χ2n) is 6.84. The van der Waals surface area contributed by atoms with Crippen LogP contribution in [-0.2, 0) is 0 Å². The maximum absolute atomic E-state index is 12.9. The highest BCUT2D eigenvalue weighted by atomic mass is 16.5. The van der Waals surface area contributed by atoms with Crippen LogP contribution in [0.1, 0.15) is 23.3 Å². The Balaban J connectivity index is 1.76. The van der Waals surface area contributed by atoms with Crippen LogP contribution in [0.4, 0.5) is 17.2 Å². The Morgan fingerprint density at radius 3 is 3.00 bits per heavy atom. The zero-order valence-corrected chi connectivity index (χ0v) is 16.1. The maximum Gasteiger partial charge on any atom is 0.278 e. The zero-order chi connectivity index (χ0) is 20.2. The smallest absolute Gasteiger partial charge is 0.278 e. The fourth-order valence-electron chi connectivity index (χ4n) is 3.21. The van der Waals surface area contributed by atoms with Gasteiger partial charge >= 0.3 is 0 Å². The van der Waals surface area contributed by atoms with Gasteiger partial charge in [-0.2, -0.15) is 0 Å². The van der Waals surface area contributed by atoms with Gasteiger partial charge in [0.15, 0.2) is 11.5 Å². The van der Waals surface area contributed by atoms with Crippen molar-refractivity contribution >= 4 is 23.1 Å². The van der Waals surface area contributed by atoms with Gasteiger partial charge in [0.05, 0.1) is 36.1 Å². The van der Waals surface area contributed by atoms with Gasteiger partial charge in [-0.25, -0.2) is 9.97 Å². The molecule has 0 atom stereocenters. The van der Waals surface area contributed by atoms with Crippen LogP contribution in [0.3, 0.4) is 0 Å². The van der Waals surface area contributed by atoms with Crippen LogP contribution >= 0.6 is 0 Å². The molecule has 148 valence electrons. The molecule has 29 heavy (non-hydrogen) atoms. The van der Waals surface area contributed by atoms with E-state index in [-0.39, 0.29) is 11.5 Å². The molecule has 0 spiro atoms. The molecule has 0 saturated carbocycles. The molecular weight excluding hydrogens is 368 g/mol. The number of anilines is 3. The number of amides is 1. The molecule has 0 aliphatic carbocycles. The Hall–Kier alpha value is -3.68. The molecule has 4 bridgehead atoms. The first kappa shape index (κ1) is 18.7. The van der Waals surface area contributed by atoms with Crippen LogP contribution in [0.15, 0.2) is 48.9 Å². The lowest BCUT2D eigenvalue weighted by atomic mass is 10.1. The van der Waals surface area contributed by atoms with Crippen LogP contribution in [0, 0.1) is 0 Å². The summed E-state index contributed by atoms with van der Waals surface area (Å²) < 4.78 is 5.89. The summed E-state index contributed by atoms with van der Waals surface area (Å²) in [6.07, 6.45) is 6.73. The molecule has 4 rings (SSSR count). The first-order valence-corrected chi connectivity index (χ1v) is 9.44. The number of carbonyl (C=O) groups is 1. The monoisotopic (exact) mass is 390 g/mol. The minimum Gasteiger partial charge on any atom is -0.494 e. The largest absolute Gasteiger partial charge is 0.494 e. The van der Waals surface area contributed by atoms with Gasteiger partial charge in [-0.3, -0.25) is 9.78 Å². The first-order valence-electron chi connectivity index (χ1n) is 9.44. The number of hydrogen-bond donors (Lipinski definition) is 2. The van der Waals surface area contributed by atoms with Gasteiger partial charge in [-0.15, -0.1) is 0 Å². The average molecular weight is 390 g/mol. The number of aromatic nitrogens is 3. The van der Waals surface area contributed by atoms with E-state index in [4.69, 9.17) is 10.5 Å². The van der Waals surface area contributed by atoms with Crippen molar-refractivity contribution in [3.63, 3.8) is 0 Å². The van der Waals surface area contributed by atoms with E-state index in [0.717, 1.165) is 36.4 Å². The Morgan fingerprint density at radius 1 is 1.21 bits per heavy atom. The van der Waals surface area contributed by atoms with Gasteiger partial charge in [0.2, 0.25) is 0 Å². The summed E-state index contributed by atoms with van der Waals surface area (Å²) in [7, 11) is 1.98. The van der Waals surface area contributed by atoms with E-state index in [1.807, 2.05) is 37.4 Å². The predicted octanol–water partition coefficient (Wildman–Crippen LogP) is 2.98. The molecule has 3 heterocycles. The highest BCUT2D eigenvalue weighted by Crippen LogP contribution is 2.27. The Labute approximate surface area is 168 Å². The van der Waals surface area contributed by atoms with Crippen molar-refractivity contribution in [3.05, 3.63) is 54.6 Å². The van der Waals surface area contributed by atoms with E-state index >= 15 is 0 Å². The number of nitrogen functional groups attached to an aromatic ring is 1. The van der Waals surface area contributed by atoms with Crippen molar-refractivity contribution in [3.8, 4) is 17.0 Å². The van der Waals surface area contributed by atoms with Crippen LogP contribution in [-0.4, -0.2) is 41.1 Å². The third-order valence-electron chi connectivity index (χ3n) is 4.76. The minimum atomic E-state index is -0.431. The molecule has 8 nitrogen and oxygen atoms in total. The molecule has 1 aromatic carbocycles. The molecule has 0 radical (unpaired) electrons. The molecule has 3 aromatic rings. The molecule has 8 heteroatoms. The lowest BCUT2D eigenvalue weighted by molar-refractivity contribution is 0.102. The summed E-state index contributed by atoms with van der Waals surface area (Å²) in [5.74, 6) is 0.390. The highest BCUT2D eigenvalue weighted by molar-refractivity contribution is 6.07. The third kappa shape index (κ3) is 4.11. The molecule has 1 aliphatic rings. The van der Waals surface area contributed by atoms with E-state index in [1.54, 1.807) is 18.6 Å². The molecule has 0 saturated heterocycles. The van der Waals surface area contributed by atoms with E-state index in [0.29, 0.717) is 18.0 Å². The topological polar surface area (TPSA) is 106 Å². The number of ether oxygens (including phenoxy) is 1. The first-order chi connectivity index (χ1) is 14.1. The van der Waals surface area contributed by atoms with Crippen molar-refractivity contribution < 1.29 is 9.53 Å². The lowest BCUT2D eigenvalue weighted by Gasteiger charge is -2.22. The Bertz CT molecular complexity index is 1040. The van der Waals surface area contributed by atoms with E-state index in [9.17, 15) is 4.79 Å². The summed E-state index contributed by atoms with van der Waals surface area (Å²) in [5, 5.41) is 2.88. The quantitative estimate of drug-likeness (QED) is 0.608. The van der Waals surface area contributed by atoms with Gasteiger partial charge in [0, 0.05) is 25.4 Å². The van der Waals surface area contributed by atoms with Crippen LogP contribution < -0.4 is 20.7 Å². The van der Waals surface area contributed by atoms with Crippen molar-refractivity contribution in [1.29, 1.82) is 0 Å². The molecule has 0 unspecified atom stereocenters. The summed E-state index contributed by atoms with van der Waals surface area (Å²) in [6.45, 7) is 1.43. The van der Waals surface area contributed by atoms with E-state index < -0.39 is 5.91 Å². The van der Waals surface area contributed by atoms with Crippen LogP contribution in [0.2, 0.25) is 0 Å². The lowest BCUT2D eigenvalue weighted by Crippen LogP contribution is -2.23. The minimum absolute atomic E-state index is 0.0679. The second-order valence-corrected chi connectivity index (χ2v) is 6.84. The Morgan fingerprint density at radius 2 is 2.10 bits per heavy atom. The van der Waals surface area contributed by atoms with Gasteiger partial charge in [0.25, 0.3) is 5.91 Å². The van der Waals surface area contributed by atoms with Crippen LogP contribution in [0.5, 0.6) is 5.75 Å². The fraction of sp³-hybridized carbons (Fsp3) is 0.238. The van der Waals surface area contributed by atoms with Gasteiger partial charge in [0.1, 0.15) is 5.75 Å². The normalized spacial score (nSPS) is 14.5. The maximum atomic E-state index is 12.9. The van der Waals surface area contributed by atoms with Crippen molar-refractivity contribution in [2.45, 2.75) is 12.8 Å². The number of pyridine rings is 1. The summed E-state index contributed by atoms with van der Waals surface area (Å²) in [4.78, 5) is 27.8. The number of hydrogen-bond acceptors (Lipinski definition) is 7. The van der Waals surface area contributed by atoms with Crippen molar-refractivity contribution in [2.75, 3.05) is 36.1 Å². The number of nitrogens with one attached hydrogen (secondary N) is 1. The highest BCUT2D eigenvalue weighted by Gasteiger charge is 2.18. The number of nitrogens with two attached hydrogens (primary N) is 1. The summed E-state index contributed by atoms with van der Waals surface area (Å²) in [5.41, 5.74) is 8.83. The molecular formula is C21H22N6O2. The number of fused-ring (bicyclic) bond motifs is 6. The third-order valence-corrected chi connectivity index (χ3v) is 4.76. The van der Waals surface area contributed by atoms with Gasteiger partial charge in [-0.05, 0) is 31.0 Å². The number of rotatable bonds is 0. The number of benzene rings is 1. The summed E-state index contributed by atoms with van der Waals surface area (Å²) in [6, 6.07) is 9.44. The van der Waals surface area contributed by atoms with Crippen molar-refractivity contribution in [2.24, 2.45) is 0 Å². The zero-order valence-electron chi connectivity index (χ0n) is 16.1. The average Bonchev–Trinajstić information content (AvgIpc) is 2.73. The van der Waals surface area contributed by atoms with E-state index in [1.165, 1.54) is 0 Å².